The van der Waals surface area contributed by atoms with Crippen LogP contribution in [0.15, 0.2) is 67.1 Å². The number of rotatable bonds is 7. The number of carbonyl (C=O) groups excluding carboxylic acids is 1. The largest absolute Gasteiger partial charge is 0.453 e. The van der Waals surface area contributed by atoms with Gasteiger partial charge in [-0.05, 0) is 60.4 Å². The van der Waals surface area contributed by atoms with E-state index < -0.39 is 5.82 Å². The molecule has 0 radical (unpaired) electrons. The van der Waals surface area contributed by atoms with Gasteiger partial charge in [0.15, 0.2) is 11.6 Å². The van der Waals surface area contributed by atoms with Crippen LogP contribution in [-0.4, -0.2) is 29.0 Å². The number of nitrogens with zero attached hydrogens (tertiary/aromatic N) is 3. The third-order valence-electron chi connectivity index (χ3n) is 4.95. The van der Waals surface area contributed by atoms with Gasteiger partial charge in [0.25, 0.3) is 0 Å². The van der Waals surface area contributed by atoms with Crippen molar-refractivity contribution >= 4 is 17.8 Å². The van der Waals surface area contributed by atoms with Crippen LogP contribution in [0.25, 0.3) is 6.08 Å². The van der Waals surface area contributed by atoms with Crippen LogP contribution in [-0.2, 0) is 11.3 Å². The van der Waals surface area contributed by atoms with E-state index in [-0.39, 0.29) is 11.7 Å². The summed E-state index contributed by atoms with van der Waals surface area (Å²) < 4.78 is 19.8. The molecule has 3 aromatic rings. The third kappa shape index (κ3) is 5.66. The van der Waals surface area contributed by atoms with Crippen LogP contribution in [0.1, 0.15) is 24.0 Å². The Hall–Kier alpha value is -3.74. The van der Waals surface area contributed by atoms with Crippen molar-refractivity contribution in [3.8, 4) is 11.5 Å². The standard InChI is InChI=1S/C24H23FN4O2/c25-21-14-18(5-8-22(21)31-20-4-3-11-26-17-20)7-10-24(30)28-16-19-6-9-23(27-15-19)29-12-1-2-13-29/h3-11,14-15,17H,1-2,12-13,16H2,(H,28,30)/b10-7+. The normalized spacial score (nSPS) is 13.5. The zero-order valence-electron chi connectivity index (χ0n) is 17.0. The fourth-order valence-electron chi connectivity index (χ4n) is 3.31. The van der Waals surface area contributed by atoms with E-state index in [1.165, 1.54) is 37.2 Å². The summed E-state index contributed by atoms with van der Waals surface area (Å²) in [6.07, 6.45) is 10.2. The molecule has 31 heavy (non-hydrogen) atoms. The predicted octanol–water partition coefficient (Wildman–Crippen LogP) is 4.34. The van der Waals surface area contributed by atoms with Gasteiger partial charge in [-0.15, -0.1) is 0 Å². The van der Waals surface area contributed by atoms with Crippen LogP contribution in [0, 0.1) is 5.82 Å². The van der Waals surface area contributed by atoms with Crippen molar-refractivity contribution in [2.75, 3.05) is 18.0 Å². The smallest absolute Gasteiger partial charge is 0.244 e. The number of hydrogen-bond donors (Lipinski definition) is 1. The molecule has 1 fully saturated rings. The lowest BCUT2D eigenvalue weighted by atomic mass is 10.2. The van der Waals surface area contributed by atoms with Gasteiger partial charge in [0.05, 0.1) is 6.20 Å². The summed E-state index contributed by atoms with van der Waals surface area (Å²) in [4.78, 5) is 22.8. The Bertz CT molecular complexity index is 1050. The highest BCUT2D eigenvalue weighted by Crippen LogP contribution is 2.25. The van der Waals surface area contributed by atoms with Crippen LogP contribution in [0.3, 0.4) is 0 Å². The van der Waals surface area contributed by atoms with Crippen molar-refractivity contribution in [3.05, 3.63) is 84.1 Å². The lowest BCUT2D eigenvalue weighted by Gasteiger charge is -2.16. The van der Waals surface area contributed by atoms with Crippen LogP contribution in [0.5, 0.6) is 11.5 Å². The van der Waals surface area contributed by atoms with E-state index in [1.54, 1.807) is 36.7 Å². The SMILES string of the molecule is O=C(/C=C/c1ccc(Oc2cccnc2)c(F)c1)NCc1ccc(N2CCCC2)nc1. The van der Waals surface area contributed by atoms with Gasteiger partial charge in [0.1, 0.15) is 11.6 Å². The fraction of sp³-hybridized carbons (Fsp3) is 0.208. The van der Waals surface area contributed by atoms with Gasteiger partial charge < -0.3 is 15.0 Å². The van der Waals surface area contributed by atoms with Gasteiger partial charge in [0.2, 0.25) is 5.91 Å². The molecule has 1 aromatic carbocycles. The highest BCUT2D eigenvalue weighted by atomic mass is 19.1. The first kappa shape index (κ1) is 20.5. The van der Waals surface area contributed by atoms with E-state index in [4.69, 9.17) is 4.74 Å². The maximum absolute atomic E-state index is 14.3. The maximum atomic E-state index is 14.3. The number of amides is 1. The molecule has 7 heteroatoms. The van der Waals surface area contributed by atoms with Crippen molar-refractivity contribution in [2.24, 2.45) is 0 Å². The number of halogens is 1. The van der Waals surface area contributed by atoms with E-state index in [9.17, 15) is 9.18 Å². The van der Waals surface area contributed by atoms with E-state index in [0.717, 1.165) is 24.5 Å². The lowest BCUT2D eigenvalue weighted by molar-refractivity contribution is -0.116. The monoisotopic (exact) mass is 418 g/mol. The Balaban J connectivity index is 1.29. The average Bonchev–Trinajstić information content (AvgIpc) is 3.34. The maximum Gasteiger partial charge on any atom is 0.244 e. The molecule has 2 aromatic heterocycles. The molecule has 3 heterocycles. The average molecular weight is 418 g/mol. The van der Waals surface area contributed by atoms with E-state index >= 15 is 0 Å². The van der Waals surface area contributed by atoms with E-state index in [0.29, 0.717) is 17.9 Å². The summed E-state index contributed by atoms with van der Waals surface area (Å²) in [5, 5.41) is 2.81. The molecule has 1 N–H and O–H groups in total. The Morgan fingerprint density at radius 2 is 2.03 bits per heavy atom. The first-order valence-corrected chi connectivity index (χ1v) is 10.2. The summed E-state index contributed by atoms with van der Waals surface area (Å²) in [6.45, 7) is 2.47. The first-order chi connectivity index (χ1) is 15.2. The van der Waals surface area contributed by atoms with E-state index in [1.807, 2.05) is 12.1 Å². The van der Waals surface area contributed by atoms with Crippen LogP contribution < -0.4 is 15.0 Å². The Morgan fingerprint density at radius 1 is 1.16 bits per heavy atom. The second kappa shape index (κ2) is 9.84. The summed E-state index contributed by atoms with van der Waals surface area (Å²) in [5.74, 6) is 0.743. The van der Waals surface area contributed by atoms with Gasteiger partial charge in [-0.1, -0.05) is 12.1 Å². The van der Waals surface area contributed by atoms with Crippen molar-refractivity contribution in [1.82, 2.24) is 15.3 Å². The Kier molecular flexibility index (Phi) is 6.52. The fourth-order valence-corrected chi connectivity index (χ4v) is 3.31. The molecule has 0 atom stereocenters. The molecular formula is C24H23FN4O2. The first-order valence-electron chi connectivity index (χ1n) is 10.2. The molecule has 0 aliphatic carbocycles. The number of carbonyl (C=O) groups is 1. The molecule has 158 valence electrons. The Labute approximate surface area is 180 Å². The molecule has 1 aliphatic rings. The molecule has 6 nitrogen and oxygen atoms in total. The summed E-state index contributed by atoms with van der Waals surface area (Å²) in [6, 6.07) is 11.9. The molecule has 0 spiro atoms. The summed E-state index contributed by atoms with van der Waals surface area (Å²) in [7, 11) is 0. The summed E-state index contributed by atoms with van der Waals surface area (Å²) >= 11 is 0. The number of pyridine rings is 2. The number of anilines is 1. The van der Waals surface area contributed by atoms with Crippen LogP contribution in [0.4, 0.5) is 10.2 Å². The lowest BCUT2D eigenvalue weighted by Crippen LogP contribution is -2.21. The molecular weight excluding hydrogens is 395 g/mol. The van der Waals surface area contributed by atoms with Gasteiger partial charge in [-0.25, -0.2) is 9.37 Å². The molecule has 0 saturated carbocycles. The minimum atomic E-state index is -0.518. The van der Waals surface area contributed by atoms with Crippen LogP contribution >= 0.6 is 0 Å². The zero-order chi connectivity index (χ0) is 21.5. The molecule has 1 aliphatic heterocycles. The minimum absolute atomic E-state index is 0.0967. The predicted molar refractivity (Wildman–Crippen MR) is 117 cm³/mol. The second-order valence-electron chi connectivity index (χ2n) is 7.25. The van der Waals surface area contributed by atoms with Crippen molar-refractivity contribution in [3.63, 3.8) is 0 Å². The number of benzene rings is 1. The Morgan fingerprint density at radius 3 is 2.74 bits per heavy atom. The molecule has 4 rings (SSSR count). The minimum Gasteiger partial charge on any atom is -0.453 e. The quantitative estimate of drug-likeness (QED) is 0.578. The van der Waals surface area contributed by atoms with Crippen molar-refractivity contribution in [2.45, 2.75) is 19.4 Å². The van der Waals surface area contributed by atoms with Gasteiger partial charge >= 0.3 is 0 Å². The number of nitrogens with one attached hydrogen (secondary N) is 1. The van der Waals surface area contributed by atoms with E-state index in [2.05, 4.69) is 20.2 Å². The third-order valence-corrected chi connectivity index (χ3v) is 4.95. The molecule has 0 bridgehead atoms. The van der Waals surface area contributed by atoms with Gasteiger partial charge in [-0.2, -0.15) is 0 Å². The highest BCUT2D eigenvalue weighted by molar-refractivity contribution is 5.91. The van der Waals surface area contributed by atoms with Crippen molar-refractivity contribution in [1.29, 1.82) is 0 Å². The summed E-state index contributed by atoms with van der Waals surface area (Å²) in [5.41, 5.74) is 1.48. The zero-order valence-corrected chi connectivity index (χ0v) is 17.0. The van der Waals surface area contributed by atoms with Gasteiger partial charge in [0, 0.05) is 38.1 Å². The number of ether oxygens (including phenoxy) is 1. The van der Waals surface area contributed by atoms with Crippen LogP contribution in [0.2, 0.25) is 0 Å². The second-order valence-corrected chi connectivity index (χ2v) is 7.25. The number of aromatic nitrogens is 2. The molecule has 1 saturated heterocycles. The van der Waals surface area contributed by atoms with Gasteiger partial charge in [-0.3, -0.25) is 9.78 Å². The number of hydrogen-bond acceptors (Lipinski definition) is 5. The highest BCUT2D eigenvalue weighted by Gasteiger charge is 2.13. The van der Waals surface area contributed by atoms with Crippen molar-refractivity contribution < 1.29 is 13.9 Å². The molecule has 1 amide bonds. The topological polar surface area (TPSA) is 67.3 Å². The molecule has 0 unspecified atom stereocenters.